The Labute approximate surface area is 179 Å². The van der Waals surface area contributed by atoms with Gasteiger partial charge in [0.1, 0.15) is 6.54 Å². The minimum atomic E-state index is -0.241. The maximum Gasteiger partial charge on any atom is 0.253 e. The second-order valence-electron chi connectivity index (χ2n) is 6.88. The van der Waals surface area contributed by atoms with Gasteiger partial charge in [-0.25, -0.2) is 0 Å². The molecule has 8 heteroatoms. The van der Waals surface area contributed by atoms with Crippen LogP contribution in [0.15, 0.2) is 47.4 Å². The number of thioether (sulfide) groups is 1. The summed E-state index contributed by atoms with van der Waals surface area (Å²) in [5.74, 6) is -0.269. The van der Waals surface area contributed by atoms with Gasteiger partial charge in [0, 0.05) is 36.1 Å². The van der Waals surface area contributed by atoms with Crippen LogP contribution in [0.5, 0.6) is 0 Å². The third-order valence-corrected chi connectivity index (χ3v) is 5.81. The molecular formula is C21H22ClN3O3S. The van der Waals surface area contributed by atoms with Crippen molar-refractivity contribution in [1.82, 2.24) is 10.2 Å². The summed E-state index contributed by atoms with van der Waals surface area (Å²) in [4.78, 5) is 41.0. The van der Waals surface area contributed by atoms with E-state index < -0.39 is 0 Å². The highest BCUT2D eigenvalue weighted by Gasteiger charge is 2.27. The van der Waals surface area contributed by atoms with Crippen molar-refractivity contribution >= 4 is 46.8 Å². The molecule has 0 aliphatic carbocycles. The average molecular weight is 432 g/mol. The van der Waals surface area contributed by atoms with Gasteiger partial charge in [-0.1, -0.05) is 23.7 Å². The third kappa shape index (κ3) is 5.31. The summed E-state index contributed by atoms with van der Waals surface area (Å²) < 4.78 is 0. The van der Waals surface area contributed by atoms with Gasteiger partial charge in [0.2, 0.25) is 11.8 Å². The predicted octanol–water partition coefficient (Wildman–Crippen LogP) is 2.84. The van der Waals surface area contributed by atoms with Crippen LogP contribution in [0.2, 0.25) is 5.02 Å². The monoisotopic (exact) mass is 431 g/mol. The Bertz CT molecular complexity index is 931. The lowest BCUT2D eigenvalue weighted by Gasteiger charge is -2.29. The van der Waals surface area contributed by atoms with Crippen molar-refractivity contribution in [2.75, 3.05) is 37.8 Å². The number of rotatable bonds is 6. The SMILES string of the molecule is CN(C)C(=O)c1ccc2c(c1)N(CC(=O)NCCc1ccc(Cl)cc1)C(=O)CS2. The standard InChI is InChI=1S/C21H22ClN3O3S/c1-24(2)21(28)15-5-8-18-17(11-15)25(20(27)13-29-18)12-19(26)23-10-9-14-3-6-16(22)7-4-14/h3-8,11H,9-10,12-13H2,1-2H3,(H,23,26). The normalized spacial score (nSPS) is 13.1. The van der Waals surface area contributed by atoms with Gasteiger partial charge in [-0.2, -0.15) is 0 Å². The van der Waals surface area contributed by atoms with Crippen LogP contribution in [0.4, 0.5) is 5.69 Å². The van der Waals surface area contributed by atoms with E-state index in [1.165, 1.54) is 21.6 Å². The number of halogens is 1. The molecule has 0 unspecified atom stereocenters. The van der Waals surface area contributed by atoms with Gasteiger partial charge in [0.05, 0.1) is 11.4 Å². The molecule has 3 rings (SSSR count). The highest BCUT2D eigenvalue weighted by Crippen LogP contribution is 2.36. The first-order chi connectivity index (χ1) is 13.8. The lowest BCUT2D eigenvalue weighted by atomic mass is 10.1. The van der Waals surface area contributed by atoms with Crippen molar-refractivity contribution in [2.24, 2.45) is 0 Å². The summed E-state index contributed by atoms with van der Waals surface area (Å²) in [7, 11) is 3.35. The Morgan fingerprint density at radius 2 is 1.90 bits per heavy atom. The third-order valence-electron chi connectivity index (χ3n) is 4.51. The topological polar surface area (TPSA) is 69.7 Å². The van der Waals surface area contributed by atoms with E-state index in [2.05, 4.69) is 5.32 Å². The van der Waals surface area contributed by atoms with Crippen LogP contribution in [-0.2, 0) is 16.0 Å². The number of hydrogen-bond donors (Lipinski definition) is 1. The second-order valence-corrected chi connectivity index (χ2v) is 8.33. The number of nitrogens with zero attached hydrogens (tertiary/aromatic N) is 2. The zero-order valence-electron chi connectivity index (χ0n) is 16.3. The molecule has 1 heterocycles. The number of fused-ring (bicyclic) bond motifs is 1. The van der Waals surface area contributed by atoms with Crippen LogP contribution in [-0.4, -0.2) is 55.6 Å². The zero-order chi connectivity index (χ0) is 21.0. The number of nitrogens with one attached hydrogen (secondary N) is 1. The summed E-state index contributed by atoms with van der Waals surface area (Å²) in [6, 6.07) is 12.7. The van der Waals surface area contributed by atoms with E-state index in [1.807, 2.05) is 30.3 Å². The average Bonchev–Trinajstić information content (AvgIpc) is 2.70. The molecular weight excluding hydrogens is 410 g/mol. The lowest BCUT2D eigenvalue weighted by Crippen LogP contribution is -2.43. The molecule has 0 saturated heterocycles. The summed E-state index contributed by atoms with van der Waals surface area (Å²) in [5.41, 5.74) is 2.15. The molecule has 6 nitrogen and oxygen atoms in total. The minimum absolute atomic E-state index is 0.0768. The van der Waals surface area contributed by atoms with Crippen molar-refractivity contribution < 1.29 is 14.4 Å². The van der Waals surface area contributed by atoms with Crippen molar-refractivity contribution in [2.45, 2.75) is 11.3 Å². The Hall–Kier alpha value is -2.51. The van der Waals surface area contributed by atoms with Crippen molar-refractivity contribution in [1.29, 1.82) is 0 Å². The Balaban J connectivity index is 1.66. The minimum Gasteiger partial charge on any atom is -0.354 e. The summed E-state index contributed by atoms with van der Waals surface area (Å²) in [6.07, 6.45) is 0.671. The number of amides is 3. The molecule has 3 amide bonds. The molecule has 0 radical (unpaired) electrons. The second kappa shape index (κ2) is 9.33. The van der Waals surface area contributed by atoms with Crippen LogP contribution in [0.25, 0.3) is 0 Å². The Morgan fingerprint density at radius 1 is 1.17 bits per heavy atom. The predicted molar refractivity (Wildman–Crippen MR) is 116 cm³/mol. The van der Waals surface area contributed by atoms with Crippen molar-refractivity contribution in [3.8, 4) is 0 Å². The van der Waals surface area contributed by atoms with E-state index in [-0.39, 0.29) is 30.0 Å². The summed E-state index contributed by atoms with van der Waals surface area (Å²) in [5, 5.41) is 3.52. The van der Waals surface area contributed by atoms with Gasteiger partial charge in [-0.05, 0) is 42.3 Å². The number of carbonyl (C=O) groups is 3. The fourth-order valence-electron chi connectivity index (χ4n) is 2.96. The molecule has 0 saturated carbocycles. The van der Waals surface area contributed by atoms with Crippen LogP contribution >= 0.6 is 23.4 Å². The quantitative estimate of drug-likeness (QED) is 0.763. The molecule has 1 N–H and O–H groups in total. The maximum atomic E-state index is 12.5. The van der Waals surface area contributed by atoms with Gasteiger partial charge in [0.25, 0.3) is 5.91 Å². The Kier molecular flexibility index (Phi) is 6.82. The van der Waals surface area contributed by atoms with Gasteiger partial charge in [-0.15, -0.1) is 11.8 Å². The van der Waals surface area contributed by atoms with Gasteiger partial charge in [-0.3, -0.25) is 14.4 Å². The van der Waals surface area contributed by atoms with E-state index in [1.54, 1.807) is 26.2 Å². The molecule has 0 spiro atoms. The fraction of sp³-hybridized carbons (Fsp3) is 0.286. The van der Waals surface area contributed by atoms with Crippen molar-refractivity contribution in [3.63, 3.8) is 0 Å². The smallest absolute Gasteiger partial charge is 0.253 e. The first-order valence-corrected chi connectivity index (χ1v) is 10.5. The molecule has 0 bridgehead atoms. The first kappa shape index (κ1) is 21.2. The Morgan fingerprint density at radius 3 is 2.59 bits per heavy atom. The van der Waals surface area contributed by atoms with E-state index in [4.69, 9.17) is 11.6 Å². The number of benzene rings is 2. The van der Waals surface area contributed by atoms with E-state index in [9.17, 15) is 14.4 Å². The molecule has 152 valence electrons. The van der Waals surface area contributed by atoms with E-state index >= 15 is 0 Å². The van der Waals surface area contributed by atoms with Gasteiger partial charge >= 0.3 is 0 Å². The molecule has 2 aromatic rings. The van der Waals surface area contributed by atoms with Crippen LogP contribution in [0.3, 0.4) is 0 Å². The number of carbonyl (C=O) groups excluding carboxylic acids is 3. The van der Waals surface area contributed by atoms with Crippen molar-refractivity contribution in [3.05, 3.63) is 58.6 Å². The zero-order valence-corrected chi connectivity index (χ0v) is 17.8. The van der Waals surface area contributed by atoms with Gasteiger partial charge in [0.15, 0.2) is 0 Å². The molecule has 0 atom stereocenters. The van der Waals surface area contributed by atoms with Crippen LogP contribution < -0.4 is 10.2 Å². The first-order valence-electron chi connectivity index (χ1n) is 9.15. The van der Waals surface area contributed by atoms with Crippen LogP contribution in [0, 0.1) is 0 Å². The number of hydrogen-bond acceptors (Lipinski definition) is 4. The molecule has 0 aromatic heterocycles. The van der Waals surface area contributed by atoms with Gasteiger partial charge < -0.3 is 15.1 Å². The van der Waals surface area contributed by atoms with E-state index in [0.29, 0.717) is 29.2 Å². The maximum absolute atomic E-state index is 12.5. The molecule has 29 heavy (non-hydrogen) atoms. The summed E-state index contributed by atoms with van der Waals surface area (Å²) in [6.45, 7) is 0.385. The lowest BCUT2D eigenvalue weighted by molar-refractivity contribution is -0.122. The number of anilines is 1. The van der Waals surface area contributed by atoms with E-state index in [0.717, 1.165) is 10.5 Å². The molecule has 1 aliphatic rings. The molecule has 0 fully saturated rings. The molecule has 1 aliphatic heterocycles. The fourth-order valence-corrected chi connectivity index (χ4v) is 4.01. The highest BCUT2D eigenvalue weighted by atomic mass is 35.5. The molecule has 2 aromatic carbocycles. The largest absolute Gasteiger partial charge is 0.354 e. The summed E-state index contributed by atoms with van der Waals surface area (Å²) >= 11 is 7.29. The van der Waals surface area contributed by atoms with Crippen LogP contribution in [0.1, 0.15) is 15.9 Å². The highest BCUT2D eigenvalue weighted by molar-refractivity contribution is 8.00.